The van der Waals surface area contributed by atoms with Gasteiger partial charge < -0.3 is 4.57 Å². The standard InChI is InChI=1S/C24H18N4O2/c29-21-14-20-22(24(30)28(26-20)19-11-5-2-6-12-19)23(18-9-3-1-4-10-18)27(21)16-17-8-7-13-25-15-17/h1-15,26H,16H2. The van der Waals surface area contributed by atoms with Crippen molar-refractivity contribution < 1.29 is 0 Å². The summed E-state index contributed by atoms with van der Waals surface area (Å²) in [5.41, 5.74) is 3.12. The molecule has 0 bridgehead atoms. The summed E-state index contributed by atoms with van der Waals surface area (Å²) in [7, 11) is 0. The van der Waals surface area contributed by atoms with Gasteiger partial charge in [0.1, 0.15) is 0 Å². The molecule has 0 saturated heterocycles. The Bertz CT molecular complexity index is 1430. The number of H-pyrrole nitrogens is 1. The third-order valence-corrected chi connectivity index (χ3v) is 5.08. The molecule has 0 aliphatic rings. The Labute approximate surface area is 171 Å². The third kappa shape index (κ3) is 3.04. The number of hydrogen-bond acceptors (Lipinski definition) is 3. The molecule has 0 aliphatic carbocycles. The van der Waals surface area contributed by atoms with Crippen molar-refractivity contribution in [1.82, 2.24) is 19.3 Å². The van der Waals surface area contributed by atoms with Crippen molar-refractivity contribution in [2.24, 2.45) is 0 Å². The molecule has 0 aliphatic heterocycles. The Kier molecular flexibility index (Phi) is 4.37. The van der Waals surface area contributed by atoms with Gasteiger partial charge in [0.2, 0.25) is 0 Å². The molecule has 5 rings (SSSR count). The largest absolute Gasteiger partial charge is 0.303 e. The summed E-state index contributed by atoms with van der Waals surface area (Å²) in [5, 5.41) is 3.58. The minimum Gasteiger partial charge on any atom is -0.303 e. The monoisotopic (exact) mass is 394 g/mol. The predicted octanol–water partition coefficient (Wildman–Crippen LogP) is 3.59. The van der Waals surface area contributed by atoms with E-state index >= 15 is 0 Å². The number of para-hydroxylation sites is 1. The summed E-state index contributed by atoms with van der Waals surface area (Å²) >= 11 is 0. The number of rotatable bonds is 4. The van der Waals surface area contributed by atoms with Crippen molar-refractivity contribution in [1.29, 1.82) is 0 Å². The second kappa shape index (κ2) is 7.33. The van der Waals surface area contributed by atoms with Crippen LogP contribution in [0.2, 0.25) is 0 Å². The summed E-state index contributed by atoms with van der Waals surface area (Å²) < 4.78 is 3.12. The van der Waals surface area contributed by atoms with E-state index in [-0.39, 0.29) is 11.1 Å². The molecule has 0 radical (unpaired) electrons. The minimum atomic E-state index is -0.199. The number of fused-ring (bicyclic) bond motifs is 1. The zero-order chi connectivity index (χ0) is 20.5. The Morgan fingerprint density at radius 3 is 2.30 bits per heavy atom. The van der Waals surface area contributed by atoms with Gasteiger partial charge in [-0.3, -0.25) is 19.7 Å². The van der Waals surface area contributed by atoms with Crippen LogP contribution in [0.15, 0.2) is 101 Å². The van der Waals surface area contributed by atoms with Crippen molar-refractivity contribution in [3.8, 4) is 16.9 Å². The van der Waals surface area contributed by atoms with Gasteiger partial charge in [-0.15, -0.1) is 0 Å². The van der Waals surface area contributed by atoms with Gasteiger partial charge in [-0.2, -0.15) is 0 Å². The van der Waals surface area contributed by atoms with Crippen LogP contribution in [0.3, 0.4) is 0 Å². The number of pyridine rings is 2. The molecule has 6 nitrogen and oxygen atoms in total. The van der Waals surface area contributed by atoms with E-state index in [4.69, 9.17) is 0 Å². The first-order valence-electron chi connectivity index (χ1n) is 9.61. The molecule has 0 unspecified atom stereocenters. The fraction of sp³-hybridized carbons (Fsp3) is 0.0417. The van der Waals surface area contributed by atoms with Crippen molar-refractivity contribution in [2.45, 2.75) is 6.54 Å². The Hall–Kier alpha value is -4.19. The highest BCUT2D eigenvalue weighted by Crippen LogP contribution is 2.25. The zero-order valence-electron chi connectivity index (χ0n) is 16.0. The molecule has 0 saturated carbocycles. The third-order valence-electron chi connectivity index (χ3n) is 5.08. The van der Waals surface area contributed by atoms with Crippen LogP contribution in [0.1, 0.15) is 5.56 Å². The fourth-order valence-electron chi connectivity index (χ4n) is 3.72. The molecule has 0 atom stereocenters. The van der Waals surface area contributed by atoms with E-state index in [9.17, 15) is 9.59 Å². The molecule has 146 valence electrons. The number of nitrogens with one attached hydrogen (secondary N) is 1. The Morgan fingerprint density at radius 2 is 1.60 bits per heavy atom. The lowest BCUT2D eigenvalue weighted by atomic mass is 10.1. The lowest BCUT2D eigenvalue weighted by Gasteiger charge is -2.14. The van der Waals surface area contributed by atoms with E-state index in [0.717, 1.165) is 11.1 Å². The second-order valence-electron chi connectivity index (χ2n) is 7.02. The van der Waals surface area contributed by atoms with Crippen LogP contribution in [0.4, 0.5) is 0 Å². The summed E-state index contributed by atoms with van der Waals surface area (Å²) in [5.74, 6) is 0. The van der Waals surface area contributed by atoms with Gasteiger partial charge in [0.15, 0.2) is 0 Å². The smallest absolute Gasteiger partial charge is 0.281 e. The molecule has 5 aromatic rings. The van der Waals surface area contributed by atoms with Gasteiger partial charge in [0, 0.05) is 18.5 Å². The first-order valence-corrected chi connectivity index (χ1v) is 9.61. The van der Waals surface area contributed by atoms with E-state index in [0.29, 0.717) is 28.8 Å². The zero-order valence-corrected chi connectivity index (χ0v) is 16.0. The maximum atomic E-state index is 13.4. The minimum absolute atomic E-state index is 0.188. The average molecular weight is 394 g/mol. The van der Waals surface area contributed by atoms with Crippen LogP contribution in [0.5, 0.6) is 0 Å². The van der Waals surface area contributed by atoms with Crippen molar-refractivity contribution in [2.75, 3.05) is 0 Å². The maximum Gasteiger partial charge on any atom is 0.281 e. The Balaban J connectivity index is 1.84. The van der Waals surface area contributed by atoms with Crippen molar-refractivity contribution in [3.63, 3.8) is 0 Å². The Morgan fingerprint density at radius 1 is 0.867 bits per heavy atom. The molecule has 0 amide bonds. The molecule has 3 heterocycles. The van der Waals surface area contributed by atoms with Gasteiger partial charge >= 0.3 is 0 Å². The molecule has 0 spiro atoms. The van der Waals surface area contributed by atoms with E-state index in [1.807, 2.05) is 72.8 Å². The van der Waals surface area contributed by atoms with Crippen molar-refractivity contribution in [3.05, 3.63) is 118 Å². The maximum absolute atomic E-state index is 13.4. The highest BCUT2D eigenvalue weighted by atomic mass is 16.1. The first kappa shape index (κ1) is 17.9. The topological polar surface area (TPSA) is 72.7 Å². The second-order valence-corrected chi connectivity index (χ2v) is 7.02. The van der Waals surface area contributed by atoms with Crippen LogP contribution in [-0.2, 0) is 6.54 Å². The quantitative estimate of drug-likeness (QED) is 0.506. The summed E-state index contributed by atoms with van der Waals surface area (Å²) in [6, 6.07) is 24.1. The molecular formula is C24H18N4O2. The van der Waals surface area contributed by atoms with Gasteiger partial charge in [0.25, 0.3) is 11.1 Å². The van der Waals surface area contributed by atoms with Gasteiger partial charge in [-0.1, -0.05) is 54.6 Å². The van der Waals surface area contributed by atoms with E-state index in [1.54, 1.807) is 17.0 Å². The normalized spacial score (nSPS) is 11.1. The SMILES string of the molecule is O=c1c2c(-c3ccccc3)n(Cc3cccnc3)c(=O)cc2[nH]n1-c1ccccc1. The first-order chi connectivity index (χ1) is 14.7. The number of benzene rings is 2. The number of hydrogen-bond donors (Lipinski definition) is 1. The van der Waals surface area contributed by atoms with Gasteiger partial charge in [0.05, 0.1) is 28.8 Å². The van der Waals surface area contributed by atoms with Gasteiger partial charge in [-0.05, 0) is 29.3 Å². The summed E-state index contributed by atoms with van der Waals surface area (Å²) in [6.07, 6.45) is 3.42. The lowest BCUT2D eigenvalue weighted by molar-refractivity contribution is 0.771. The van der Waals surface area contributed by atoms with Crippen LogP contribution in [0.25, 0.3) is 27.8 Å². The number of aromatic nitrogens is 4. The van der Waals surface area contributed by atoms with Crippen LogP contribution >= 0.6 is 0 Å². The molecule has 3 aromatic heterocycles. The molecule has 30 heavy (non-hydrogen) atoms. The fourth-order valence-corrected chi connectivity index (χ4v) is 3.72. The van der Waals surface area contributed by atoms with E-state index < -0.39 is 0 Å². The molecule has 2 aromatic carbocycles. The van der Waals surface area contributed by atoms with Crippen molar-refractivity contribution >= 4 is 10.9 Å². The lowest BCUT2D eigenvalue weighted by Crippen LogP contribution is -2.23. The van der Waals surface area contributed by atoms with Crippen LogP contribution < -0.4 is 11.1 Å². The summed E-state index contributed by atoms with van der Waals surface area (Å²) in [6.45, 7) is 0.322. The van der Waals surface area contributed by atoms with Gasteiger partial charge in [-0.25, -0.2) is 4.68 Å². The van der Waals surface area contributed by atoms with Crippen LogP contribution in [0, 0.1) is 0 Å². The van der Waals surface area contributed by atoms with E-state index in [1.165, 1.54) is 10.7 Å². The predicted molar refractivity (Wildman–Crippen MR) is 117 cm³/mol. The molecular weight excluding hydrogens is 376 g/mol. The van der Waals surface area contributed by atoms with Crippen LogP contribution in [-0.4, -0.2) is 19.3 Å². The highest BCUT2D eigenvalue weighted by Gasteiger charge is 2.19. The average Bonchev–Trinajstić information content (AvgIpc) is 3.12. The van der Waals surface area contributed by atoms with E-state index in [2.05, 4.69) is 10.1 Å². The highest BCUT2D eigenvalue weighted by molar-refractivity contribution is 5.92. The molecule has 1 N–H and O–H groups in total. The number of nitrogens with zero attached hydrogens (tertiary/aromatic N) is 3. The number of aromatic amines is 1. The summed E-state index contributed by atoms with van der Waals surface area (Å²) in [4.78, 5) is 30.7. The molecule has 6 heteroatoms. The molecule has 0 fully saturated rings.